The molecule has 0 bridgehead atoms. The maximum Gasteiger partial charge on any atom is 0.227 e. The number of carbonyl (C=O) groups is 1. The molecule has 0 spiro atoms. The summed E-state index contributed by atoms with van der Waals surface area (Å²) in [5.41, 5.74) is 6.88. The van der Waals surface area contributed by atoms with Gasteiger partial charge in [-0.1, -0.05) is 36.4 Å². The summed E-state index contributed by atoms with van der Waals surface area (Å²) in [6.07, 6.45) is 2.66. The zero-order chi connectivity index (χ0) is 19.5. The van der Waals surface area contributed by atoms with Crippen LogP contribution in [0.25, 0.3) is 0 Å². The molecule has 1 amide bonds. The van der Waals surface area contributed by atoms with Gasteiger partial charge in [0.15, 0.2) is 0 Å². The molecule has 5 heteroatoms. The summed E-state index contributed by atoms with van der Waals surface area (Å²) in [7, 11) is 0. The van der Waals surface area contributed by atoms with E-state index in [9.17, 15) is 4.79 Å². The minimum atomic E-state index is 0.303. The fourth-order valence-electron chi connectivity index (χ4n) is 3.80. The second-order valence-electron chi connectivity index (χ2n) is 7.19. The van der Waals surface area contributed by atoms with Crippen molar-refractivity contribution in [1.29, 1.82) is 0 Å². The van der Waals surface area contributed by atoms with Crippen LogP contribution in [0, 0.1) is 13.8 Å². The molecule has 1 aromatic heterocycles. The predicted molar refractivity (Wildman–Crippen MR) is 112 cm³/mol. The first-order valence-corrected chi connectivity index (χ1v) is 9.65. The van der Waals surface area contributed by atoms with Gasteiger partial charge in [0.25, 0.3) is 0 Å². The molecule has 28 heavy (non-hydrogen) atoms. The van der Waals surface area contributed by atoms with Crippen LogP contribution >= 0.6 is 0 Å². The van der Waals surface area contributed by atoms with Gasteiger partial charge in [-0.05, 0) is 56.0 Å². The van der Waals surface area contributed by atoms with Gasteiger partial charge in [-0.2, -0.15) is 0 Å². The van der Waals surface area contributed by atoms with Crippen LogP contribution in [0.5, 0.6) is 0 Å². The number of carbonyl (C=O) groups excluding carboxylic acids is 1. The summed E-state index contributed by atoms with van der Waals surface area (Å²) in [6.45, 7) is 4.82. The van der Waals surface area contributed by atoms with Gasteiger partial charge in [0.1, 0.15) is 0 Å². The van der Waals surface area contributed by atoms with Crippen molar-refractivity contribution < 1.29 is 4.79 Å². The molecule has 2 aromatic carbocycles. The van der Waals surface area contributed by atoms with E-state index < -0.39 is 0 Å². The number of nitrogens with one attached hydrogen (secondary N) is 1. The van der Waals surface area contributed by atoms with Gasteiger partial charge in [0.2, 0.25) is 11.9 Å². The predicted octanol–water partition coefficient (Wildman–Crippen LogP) is 4.36. The highest BCUT2D eigenvalue weighted by molar-refractivity contribution is 5.98. The molecule has 3 heterocycles. The van der Waals surface area contributed by atoms with Crippen LogP contribution < -0.4 is 10.2 Å². The lowest BCUT2D eigenvalue weighted by Crippen LogP contribution is -2.32. The van der Waals surface area contributed by atoms with Crippen molar-refractivity contribution in [1.82, 2.24) is 9.97 Å². The van der Waals surface area contributed by atoms with Crippen molar-refractivity contribution in [3.8, 4) is 0 Å². The maximum absolute atomic E-state index is 11.5. The fraction of sp³-hybridized carbons (Fsp3) is 0.261. The van der Waals surface area contributed by atoms with Crippen LogP contribution in [0.15, 0.2) is 54.6 Å². The average Bonchev–Trinajstić information content (AvgIpc) is 3.12. The van der Waals surface area contributed by atoms with Crippen molar-refractivity contribution in [3.63, 3.8) is 0 Å². The Hall–Kier alpha value is -3.21. The number of anilines is 3. The van der Waals surface area contributed by atoms with Gasteiger partial charge in [-0.3, -0.25) is 4.79 Å². The number of rotatable bonds is 2. The van der Waals surface area contributed by atoms with E-state index in [2.05, 4.69) is 33.5 Å². The molecule has 0 saturated carbocycles. The zero-order valence-corrected chi connectivity index (χ0v) is 16.3. The molecule has 0 fully saturated rings. The van der Waals surface area contributed by atoms with Crippen molar-refractivity contribution in [2.24, 2.45) is 0 Å². The van der Waals surface area contributed by atoms with Crippen molar-refractivity contribution in [3.05, 3.63) is 77.1 Å². The summed E-state index contributed by atoms with van der Waals surface area (Å²) >= 11 is 0. The maximum atomic E-state index is 11.5. The summed E-state index contributed by atoms with van der Waals surface area (Å²) in [6, 6.07) is 18.2. The lowest BCUT2D eigenvalue weighted by Gasteiger charge is -2.24. The summed E-state index contributed by atoms with van der Waals surface area (Å²) in [4.78, 5) is 22.1. The van der Waals surface area contributed by atoms with Gasteiger partial charge in [0.05, 0.1) is 5.69 Å². The van der Waals surface area contributed by atoms with E-state index in [4.69, 9.17) is 0 Å². The van der Waals surface area contributed by atoms with E-state index in [1.807, 2.05) is 55.1 Å². The summed E-state index contributed by atoms with van der Waals surface area (Å²) in [5, 5.41) is 3.16. The lowest BCUT2D eigenvalue weighted by atomic mass is 10.00. The average molecular weight is 372 g/mol. The first kappa shape index (κ1) is 18.2. The van der Waals surface area contributed by atoms with Gasteiger partial charge in [0, 0.05) is 30.0 Å². The van der Waals surface area contributed by atoms with Gasteiger partial charge in [-0.15, -0.1) is 0 Å². The molecule has 5 rings (SSSR count). The Kier molecular flexibility index (Phi) is 5.06. The highest BCUT2D eigenvalue weighted by Gasteiger charge is 2.30. The van der Waals surface area contributed by atoms with Crippen LogP contribution in [0.1, 0.15) is 28.9 Å². The standard InChI is InChI=1S/C12H13N3.C11H11NO/c1-9-8-10(2)14-12(13-9)15-11-6-4-3-5-7-11;13-10-5-4-8-2-1-3-9-6-7-12(10)11(8)9/h3-8H,1-2H3,(H,13,14,15);1-3H,4-7H2. The minimum absolute atomic E-state index is 0.303. The largest absolute Gasteiger partial charge is 0.324 e. The molecular formula is C23H24N4O. The van der Waals surface area contributed by atoms with Crippen LogP contribution in [0.3, 0.4) is 0 Å². The van der Waals surface area contributed by atoms with Crippen LogP contribution in [0.2, 0.25) is 0 Å². The third-order valence-corrected chi connectivity index (χ3v) is 5.00. The molecule has 2 aliphatic heterocycles. The molecule has 0 radical (unpaired) electrons. The molecular weight excluding hydrogens is 348 g/mol. The second kappa shape index (κ2) is 7.80. The summed E-state index contributed by atoms with van der Waals surface area (Å²) < 4.78 is 0. The summed E-state index contributed by atoms with van der Waals surface area (Å²) in [5.74, 6) is 0.955. The van der Waals surface area contributed by atoms with Crippen LogP contribution in [-0.4, -0.2) is 22.4 Å². The van der Waals surface area contributed by atoms with Crippen LogP contribution in [-0.2, 0) is 17.6 Å². The van der Waals surface area contributed by atoms with E-state index in [-0.39, 0.29) is 0 Å². The third-order valence-electron chi connectivity index (χ3n) is 5.00. The molecule has 0 atom stereocenters. The van der Waals surface area contributed by atoms with Gasteiger partial charge in [-0.25, -0.2) is 9.97 Å². The molecule has 2 aliphatic rings. The number of benzene rings is 2. The minimum Gasteiger partial charge on any atom is -0.324 e. The van der Waals surface area contributed by atoms with Crippen molar-refractivity contribution in [2.45, 2.75) is 33.1 Å². The topological polar surface area (TPSA) is 58.1 Å². The number of aromatic nitrogens is 2. The monoisotopic (exact) mass is 372 g/mol. The fourth-order valence-corrected chi connectivity index (χ4v) is 3.80. The molecule has 0 saturated heterocycles. The number of hydrogen-bond donors (Lipinski definition) is 1. The SMILES string of the molecule is Cc1cc(C)nc(Nc2ccccc2)n1.O=C1CCc2cccc3c2N1CC3. The molecule has 3 aromatic rings. The van der Waals surface area contributed by atoms with E-state index in [1.165, 1.54) is 16.8 Å². The number of hydrogen-bond acceptors (Lipinski definition) is 4. The number of nitrogens with zero attached hydrogens (tertiary/aromatic N) is 3. The number of aryl methyl sites for hydroxylation is 3. The third kappa shape index (κ3) is 3.88. The highest BCUT2D eigenvalue weighted by Crippen LogP contribution is 2.36. The van der Waals surface area contributed by atoms with E-state index in [1.54, 1.807) is 0 Å². The van der Waals surface area contributed by atoms with Gasteiger partial charge < -0.3 is 10.2 Å². The smallest absolute Gasteiger partial charge is 0.227 e. The van der Waals surface area contributed by atoms with Gasteiger partial charge >= 0.3 is 0 Å². The molecule has 1 N–H and O–H groups in total. The Morgan fingerprint density at radius 2 is 1.54 bits per heavy atom. The Bertz CT molecular complexity index is 980. The van der Waals surface area contributed by atoms with Crippen LogP contribution in [0.4, 0.5) is 17.3 Å². The number of amides is 1. The molecule has 0 unspecified atom stereocenters. The Labute approximate surface area is 165 Å². The van der Waals surface area contributed by atoms with E-state index in [0.29, 0.717) is 18.3 Å². The molecule has 5 nitrogen and oxygen atoms in total. The zero-order valence-electron chi connectivity index (χ0n) is 16.3. The van der Waals surface area contributed by atoms with Crippen molar-refractivity contribution >= 4 is 23.2 Å². The number of para-hydroxylation sites is 2. The first-order valence-electron chi connectivity index (χ1n) is 9.65. The molecule has 142 valence electrons. The quantitative estimate of drug-likeness (QED) is 0.726. The lowest BCUT2D eigenvalue weighted by molar-refractivity contribution is -0.118. The van der Waals surface area contributed by atoms with E-state index in [0.717, 1.165) is 36.5 Å². The second-order valence-corrected chi connectivity index (χ2v) is 7.19. The normalized spacial score (nSPS) is 14.2. The molecule has 0 aliphatic carbocycles. The highest BCUT2D eigenvalue weighted by atomic mass is 16.2. The Balaban J connectivity index is 0.000000138. The van der Waals surface area contributed by atoms with E-state index >= 15 is 0 Å². The first-order chi connectivity index (χ1) is 13.6. The van der Waals surface area contributed by atoms with Crippen molar-refractivity contribution in [2.75, 3.05) is 16.8 Å². The Morgan fingerprint density at radius 3 is 2.25 bits per heavy atom. The Morgan fingerprint density at radius 1 is 0.857 bits per heavy atom.